The van der Waals surface area contributed by atoms with Gasteiger partial charge in [-0.15, -0.1) is 0 Å². The van der Waals surface area contributed by atoms with Crippen LogP contribution in [0.4, 0.5) is 0 Å². The van der Waals surface area contributed by atoms with Crippen LogP contribution in [0.5, 0.6) is 5.75 Å². The summed E-state index contributed by atoms with van der Waals surface area (Å²) in [4.78, 5) is 0. The van der Waals surface area contributed by atoms with Crippen LogP contribution in [-0.4, -0.2) is 19.5 Å². The Hall–Kier alpha value is -2.63. The minimum Gasteiger partial charge on any atom is -0.618 e. The first-order chi connectivity index (χ1) is 18.3. The Morgan fingerprint density at radius 3 is 2.27 bits per heavy atom. The minimum atomic E-state index is 0.0489. The number of pyridine rings is 1. The van der Waals surface area contributed by atoms with E-state index in [0.717, 1.165) is 72.4 Å². The van der Waals surface area contributed by atoms with E-state index in [4.69, 9.17) is 14.2 Å². The van der Waals surface area contributed by atoms with Gasteiger partial charge in [-0.25, -0.2) is 0 Å². The van der Waals surface area contributed by atoms with Crippen LogP contribution in [0.2, 0.25) is 0 Å². The Labute approximate surface area is 222 Å². The third-order valence-corrected chi connectivity index (χ3v) is 7.20. The lowest BCUT2D eigenvalue weighted by Crippen LogP contribution is -2.33. The highest BCUT2D eigenvalue weighted by molar-refractivity contribution is 5.82. The molecule has 4 rings (SSSR count). The molecule has 1 aliphatic rings. The summed E-state index contributed by atoms with van der Waals surface area (Å²) in [6, 6.07) is 19.8. The molecule has 1 unspecified atom stereocenters. The number of aromatic nitrogens is 1. The first-order valence-corrected chi connectivity index (χ1v) is 14.4. The summed E-state index contributed by atoms with van der Waals surface area (Å²) in [6.45, 7) is 2.18. The fourth-order valence-corrected chi connectivity index (χ4v) is 5.03. The Morgan fingerprint density at radius 1 is 0.811 bits per heavy atom. The fourth-order valence-electron chi connectivity index (χ4n) is 5.03. The number of unbranched alkanes of at least 4 members (excludes halogenated alkanes) is 8. The van der Waals surface area contributed by atoms with Crippen molar-refractivity contribution in [1.29, 1.82) is 0 Å². The number of aryl methyl sites for hydroxylation is 1. The summed E-state index contributed by atoms with van der Waals surface area (Å²) < 4.78 is 18.7. The van der Waals surface area contributed by atoms with Crippen molar-refractivity contribution in [3.63, 3.8) is 0 Å². The van der Waals surface area contributed by atoms with E-state index in [9.17, 15) is 5.21 Å². The zero-order valence-electron chi connectivity index (χ0n) is 22.2. The number of hydrogen-bond acceptors (Lipinski definition) is 4. The zero-order chi connectivity index (χ0) is 25.5. The maximum atomic E-state index is 13.0. The number of rotatable bonds is 16. The summed E-state index contributed by atoms with van der Waals surface area (Å²) in [5.74, 6) is 0.790. The summed E-state index contributed by atoms with van der Waals surface area (Å²) in [5.41, 5.74) is 2.59. The van der Waals surface area contributed by atoms with E-state index in [0.29, 0.717) is 12.1 Å². The van der Waals surface area contributed by atoms with Crippen LogP contribution in [-0.2, 0) is 22.5 Å². The third-order valence-electron chi connectivity index (χ3n) is 7.20. The average Bonchev–Trinajstić information content (AvgIpc) is 2.95. The van der Waals surface area contributed by atoms with E-state index in [1.165, 1.54) is 51.4 Å². The molecule has 1 aliphatic heterocycles. The maximum Gasteiger partial charge on any atom is 0.227 e. The van der Waals surface area contributed by atoms with Crippen LogP contribution in [0.25, 0.3) is 10.9 Å². The Morgan fingerprint density at radius 2 is 1.51 bits per heavy atom. The topological polar surface area (TPSA) is 54.6 Å². The first-order valence-electron chi connectivity index (χ1n) is 14.4. The normalized spacial score (nSPS) is 15.7. The van der Waals surface area contributed by atoms with Crippen LogP contribution in [0, 0.1) is 5.21 Å². The highest BCUT2D eigenvalue weighted by Gasteiger charge is 2.16. The second-order valence-corrected chi connectivity index (χ2v) is 10.2. The third kappa shape index (κ3) is 9.01. The molecule has 1 aromatic heterocycles. The lowest BCUT2D eigenvalue weighted by atomic mass is 10.0. The molecular formula is C32H43NO4. The Balaban J connectivity index is 1.12. The average molecular weight is 506 g/mol. The molecule has 1 atom stereocenters. The van der Waals surface area contributed by atoms with Gasteiger partial charge in [-0.05, 0) is 43.7 Å². The molecule has 0 spiro atoms. The molecule has 0 amide bonds. The van der Waals surface area contributed by atoms with Crippen molar-refractivity contribution < 1.29 is 18.9 Å². The number of hydrogen-bond donors (Lipinski definition) is 0. The Kier molecular flexibility index (Phi) is 11.5. The van der Waals surface area contributed by atoms with E-state index in [-0.39, 0.29) is 6.29 Å². The molecule has 0 bridgehead atoms. The van der Waals surface area contributed by atoms with Crippen molar-refractivity contribution in [3.05, 3.63) is 77.1 Å². The summed E-state index contributed by atoms with van der Waals surface area (Å²) in [6.07, 6.45) is 15.2. The van der Waals surface area contributed by atoms with Gasteiger partial charge < -0.3 is 19.4 Å². The number of nitrogens with zero attached hydrogens (tertiary/aromatic N) is 1. The van der Waals surface area contributed by atoms with Crippen molar-refractivity contribution in [3.8, 4) is 5.75 Å². The smallest absolute Gasteiger partial charge is 0.227 e. The van der Waals surface area contributed by atoms with Gasteiger partial charge in [0.1, 0.15) is 12.4 Å². The fraction of sp³-hybridized carbons (Fsp3) is 0.531. The first kappa shape index (κ1) is 27.4. The molecule has 2 heterocycles. The number of para-hydroxylation sites is 1. The number of ether oxygens (including phenoxy) is 3. The van der Waals surface area contributed by atoms with Crippen LogP contribution < -0.4 is 9.47 Å². The van der Waals surface area contributed by atoms with Gasteiger partial charge in [0.25, 0.3) is 0 Å². The molecule has 3 aromatic rings. The second-order valence-electron chi connectivity index (χ2n) is 10.2. The second kappa shape index (κ2) is 15.6. The van der Waals surface area contributed by atoms with E-state index < -0.39 is 0 Å². The van der Waals surface area contributed by atoms with Crippen LogP contribution in [0.1, 0.15) is 88.3 Å². The molecule has 0 radical (unpaired) electrons. The van der Waals surface area contributed by atoms with E-state index in [1.807, 2.05) is 48.5 Å². The zero-order valence-corrected chi connectivity index (χ0v) is 22.2. The molecular weight excluding hydrogens is 462 g/mol. The summed E-state index contributed by atoms with van der Waals surface area (Å²) >= 11 is 0. The van der Waals surface area contributed by atoms with Gasteiger partial charge in [-0.3, -0.25) is 0 Å². The summed E-state index contributed by atoms with van der Waals surface area (Å²) in [7, 11) is 0. The molecule has 1 saturated heterocycles. The van der Waals surface area contributed by atoms with Gasteiger partial charge >= 0.3 is 0 Å². The predicted molar refractivity (Wildman–Crippen MR) is 148 cm³/mol. The Bertz CT molecular complexity index is 1050. The van der Waals surface area contributed by atoms with Gasteiger partial charge in [0.05, 0.1) is 5.39 Å². The van der Waals surface area contributed by atoms with E-state index in [1.54, 1.807) is 0 Å². The van der Waals surface area contributed by atoms with Gasteiger partial charge in [-0.2, -0.15) is 4.73 Å². The van der Waals surface area contributed by atoms with Crippen molar-refractivity contribution in [2.75, 3.05) is 13.2 Å². The SMILES string of the molecule is [O-][n+]1c(CCCCCCCCCCCOC2CCCCO2)cc(OCc2ccccc2)c2ccccc21. The number of benzene rings is 2. The van der Waals surface area contributed by atoms with Crippen molar-refractivity contribution >= 4 is 10.9 Å². The lowest BCUT2D eigenvalue weighted by Gasteiger charge is -2.22. The quantitative estimate of drug-likeness (QED) is 0.114. The molecule has 5 heteroatoms. The molecule has 2 aromatic carbocycles. The van der Waals surface area contributed by atoms with Crippen molar-refractivity contribution in [2.24, 2.45) is 0 Å². The minimum absolute atomic E-state index is 0.0489. The molecule has 0 saturated carbocycles. The standard InChI is InChI=1S/C32H43NO4/c34-33-28(19-11-6-4-2-1-3-5-7-15-23-35-32-22-14-16-24-36-32)25-31(29-20-12-13-21-30(29)33)37-26-27-17-9-8-10-18-27/h8-10,12-13,17-18,20-21,25,32H,1-7,11,14-16,19,22-24,26H2. The molecule has 1 fully saturated rings. The highest BCUT2D eigenvalue weighted by atomic mass is 16.7. The maximum absolute atomic E-state index is 13.0. The largest absolute Gasteiger partial charge is 0.618 e. The number of fused-ring (bicyclic) bond motifs is 1. The molecule has 200 valence electrons. The van der Waals surface area contributed by atoms with Crippen molar-refractivity contribution in [1.82, 2.24) is 0 Å². The molecule has 5 nitrogen and oxygen atoms in total. The van der Waals surface area contributed by atoms with Gasteiger partial charge in [-0.1, -0.05) is 87.4 Å². The molecule has 37 heavy (non-hydrogen) atoms. The van der Waals surface area contributed by atoms with Gasteiger partial charge in [0.2, 0.25) is 5.52 Å². The van der Waals surface area contributed by atoms with Crippen molar-refractivity contribution in [2.45, 2.75) is 96.4 Å². The molecule has 0 aliphatic carbocycles. The van der Waals surface area contributed by atoms with E-state index in [2.05, 4.69) is 12.1 Å². The monoisotopic (exact) mass is 505 g/mol. The molecule has 0 N–H and O–H groups in total. The van der Waals surface area contributed by atoms with Gasteiger partial charge in [0.15, 0.2) is 12.0 Å². The van der Waals surface area contributed by atoms with Gasteiger partial charge in [0, 0.05) is 31.8 Å². The van der Waals surface area contributed by atoms with Crippen LogP contribution >= 0.6 is 0 Å². The lowest BCUT2D eigenvalue weighted by molar-refractivity contribution is -0.586. The summed E-state index contributed by atoms with van der Waals surface area (Å²) in [5, 5.41) is 13.9. The van der Waals surface area contributed by atoms with Crippen LogP contribution in [0.15, 0.2) is 60.7 Å². The highest BCUT2D eigenvalue weighted by Crippen LogP contribution is 2.26. The predicted octanol–water partition coefficient (Wildman–Crippen LogP) is 7.65. The van der Waals surface area contributed by atoms with E-state index >= 15 is 0 Å². The van der Waals surface area contributed by atoms with Crippen LogP contribution in [0.3, 0.4) is 0 Å².